The topological polar surface area (TPSA) is 87.7 Å². The standard InChI is InChI=1S/C20H23N3O4/c1-4-27-19-11-6-5-10-18(19)22-20(26)13-23(15(3)25)17-9-7-8-16(12-17)21-14(2)24/h5-12H,4,13H2,1-3H3,(H,21,24)(H,22,26). The van der Waals surface area contributed by atoms with Crippen molar-refractivity contribution in [1.29, 1.82) is 0 Å². The predicted molar refractivity (Wildman–Crippen MR) is 105 cm³/mol. The summed E-state index contributed by atoms with van der Waals surface area (Å²) in [7, 11) is 0. The van der Waals surface area contributed by atoms with Gasteiger partial charge in [-0.15, -0.1) is 0 Å². The normalized spacial score (nSPS) is 10.0. The summed E-state index contributed by atoms with van der Waals surface area (Å²) in [6, 6.07) is 13.9. The Bertz CT molecular complexity index is 835. The zero-order valence-electron chi connectivity index (χ0n) is 15.6. The average molecular weight is 369 g/mol. The molecule has 0 heterocycles. The van der Waals surface area contributed by atoms with Gasteiger partial charge < -0.3 is 20.3 Å². The van der Waals surface area contributed by atoms with E-state index in [0.29, 0.717) is 29.4 Å². The molecule has 142 valence electrons. The molecule has 27 heavy (non-hydrogen) atoms. The molecule has 0 bridgehead atoms. The molecule has 0 aliphatic heterocycles. The van der Waals surface area contributed by atoms with Gasteiger partial charge in [-0.3, -0.25) is 14.4 Å². The van der Waals surface area contributed by atoms with Gasteiger partial charge in [0.15, 0.2) is 0 Å². The molecule has 0 unspecified atom stereocenters. The number of carbonyl (C=O) groups excluding carboxylic acids is 3. The highest BCUT2D eigenvalue weighted by Crippen LogP contribution is 2.24. The van der Waals surface area contributed by atoms with Crippen molar-refractivity contribution in [2.75, 3.05) is 28.7 Å². The van der Waals surface area contributed by atoms with Crippen LogP contribution in [-0.2, 0) is 14.4 Å². The summed E-state index contributed by atoms with van der Waals surface area (Å²) in [6.07, 6.45) is 0. The van der Waals surface area contributed by atoms with Gasteiger partial charge in [0.2, 0.25) is 17.7 Å². The number of amides is 3. The SMILES string of the molecule is CCOc1ccccc1NC(=O)CN(C(C)=O)c1cccc(NC(C)=O)c1. The van der Waals surface area contributed by atoms with Crippen molar-refractivity contribution in [3.05, 3.63) is 48.5 Å². The fourth-order valence-corrected chi connectivity index (χ4v) is 2.52. The third-order valence-corrected chi connectivity index (χ3v) is 3.62. The number of para-hydroxylation sites is 2. The quantitative estimate of drug-likeness (QED) is 0.785. The number of carbonyl (C=O) groups is 3. The molecular formula is C20H23N3O4. The molecule has 2 aromatic carbocycles. The molecule has 0 saturated carbocycles. The summed E-state index contributed by atoms with van der Waals surface area (Å²) in [5, 5.41) is 5.43. The molecule has 7 nitrogen and oxygen atoms in total. The van der Waals surface area contributed by atoms with Crippen molar-refractivity contribution in [3.8, 4) is 5.75 Å². The first kappa shape index (κ1) is 20.0. The lowest BCUT2D eigenvalue weighted by atomic mass is 10.2. The fraction of sp³-hybridized carbons (Fsp3) is 0.250. The van der Waals surface area contributed by atoms with Crippen molar-refractivity contribution in [3.63, 3.8) is 0 Å². The molecule has 0 aliphatic rings. The molecule has 3 amide bonds. The van der Waals surface area contributed by atoms with Crippen LogP contribution >= 0.6 is 0 Å². The Balaban J connectivity index is 2.16. The Morgan fingerprint density at radius 3 is 2.41 bits per heavy atom. The molecule has 7 heteroatoms. The Labute approximate surface area is 158 Å². The van der Waals surface area contributed by atoms with Crippen LogP contribution in [0.2, 0.25) is 0 Å². The highest BCUT2D eigenvalue weighted by atomic mass is 16.5. The Kier molecular flexibility index (Phi) is 6.93. The lowest BCUT2D eigenvalue weighted by Crippen LogP contribution is -2.36. The number of nitrogens with zero attached hydrogens (tertiary/aromatic N) is 1. The molecule has 2 rings (SSSR count). The molecule has 0 saturated heterocycles. The first-order valence-electron chi connectivity index (χ1n) is 8.58. The molecular weight excluding hydrogens is 346 g/mol. The van der Waals surface area contributed by atoms with Crippen LogP contribution in [0.15, 0.2) is 48.5 Å². The molecule has 0 spiro atoms. The summed E-state index contributed by atoms with van der Waals surface area (Å²) in [4.78, 5) is 37.1. The van der Waals surface area contributed by atoms with Gasteiger partial charge in [-0.25, -0.2) is 0 Å². The average Bonchev–Trinajstić information content (AvgIpc) is 2.61. The van der Waals surface area contributed by atoms with Gasteiger partial charge in [-0.2, -0.15) is 0 Å². The van der Waals surface area contributed by atoms with E-state index < -0.39 is 0 Å². The predicted octanol–water partition coefficient (Wildman–Crippen LogP) is 3.04. The third-order valence-electron chi connectivity index (χ3n) is 3.62. The van der Waals surface area contributed by atoms with Crippen molar-refractivity contribution in [1.82, 2.24) is 0 Å². The molecule has 0 fully saturated rings. The minimum Gasteiger partial charge on any atom is -0.492 e. The lowest BCUT2D eigenvalue weighted by Gasteiger charge is -2.22. The van der Waals surface area contributed by atoms with E-state index in [1.54, 1.807) is 42.5 Å². The van der Waals surface area contributed by atoms with E-state index in [2.05, 4.69) is 10.6 Å². The number of anilines is 3. The van der Waals surface area contributed by atoms with Crippen LogP contribution in [0, 0.1) is 0 Å². The Morgan fingerprint density at radius 2 is 1.74 bits per heavy atom. The summed E-state index contributed by atoms with van der Waals surface area (Å²) >= 11 is 0. The van der Waals surface area contributed by atoms with Crippen LogP contribution < -0.4 is 20.3 Å². The zero-order valence-corrected chi connectivity index (χ0v) is 15.6. The summed E-state index contributed by atoms with van der Waals surface area (Å²) in [5.41, 5.74) is 1.61. The van der Waals surface area contributed by atoms with E-state index in [9.17, 15) is 14.4 Å². The van der Waals surface area contributed by atoms with Crippen LogP contribution in [0.4, 0.5) is 17.1 Å². The second-order valence-electron chi connectivity index (χ2n) is 5.81. The Morgan fingerprint density at radius 1 is 1.00 bits per heavy atom. The first-order chi connectivity index (χ1) is 12.9. The van der Waals surface area contributed by atoms with Crippen LogP contribution in [0.5, 0.6) is 5.75 Å². The van der Waals surface area contributed by atoms with E-state index in [1.807, 2.05) is 13.0 Å². The maximum atomic E-state index is 12.5. The molecule has 0 radical (unpaired) electrons. The fourth-order valence-electron chi connectivity index (χ4n) is 2.52. The molecule has 0 aromatic heterocycles. The number of rotatable bonds is 7. The van der Waals surface area contributed by atoms with Gasteiger partial charge in [-0.1, -0.05) is 18.2 Å². The largest absolute Gasteiger partial charge is 0.492 e. The second-order valence-corrected chi connectivity index (χ2v) is 5.81. The molecule has 2 aromatic rings. The first-order valence-corrected chi connectivity index (χ1v) is 8.58. The maximum absolute atomic E-state index is 12.5. The van der Waals surface area contributed by atoms with Gasteiger partial charge in [0.25, 0.3) is 0 Å². The Hall–Kier alpha value is -3.35. The van der Waals surface area contributed by atoms with Gasteiger partial charge >= 0.3 is 0 Å². The van der Waals surface area contributed by atoms with Gasteiger partial charge in [-0.05, 0) is 37.3 Å². The number of ether oxygens (including phenoxy) is 1. The zero-order chi connectivity index (χ0) is 19.8. The van der Waals surface area contributed by atoms with Crippen molar-refractivity contribution < 1.29 is 19.1 Å². The minimum absolute atomic E-state index is 0.167. The van der Waals surface area contributed by atoms with Crippen molar-refractivity contribution in [2.45, 2.75) is 20.8 Å². The van der Waals surface area contributed by atoms with Gasteiger partial charge in [0.1, 0.15) is 12.3 Å². The maximum Gasteiger partial charge on any atom is 0.244 e. The summed E-state index contributed by atoms with van der Waals surface area (Å²) in [6.45, 7) is 4.95. The highest BCUT2D eigenvalue weighted by molar-refractivity contribution is 6.02. The third kappa shape index (κ3) is 5.85. The van der Waals surface area contributed by atoms with E-state index in [4.69, 9.17) is 4.74 Å². The molecule has 0 atom stereocenters. The summed E-state index contributed by atoms with van der Waals surface area (Å²) < 4.78 is 5.49. The monoisotopic (exact) mass is 369 g/mol. The number of hydrogen-bond donors (Lipinski definition) is 2. The van der Waals surface area contributed by atoms with E-state index >= 15 is 0 Å². The lowest BCUT2D eigenvalue weighted by molar-refractivity contribution is -0.120. The van der Waals surface area contributed by atoms with Crippen LogP contribution in [0.3, 0.4) is 0 Å². The summed E-state index contributed by atoms with van der Waals surface area (Å²) in [5.74, 6) is -0.298. The smallest absolute Gasteiger partial charge is 0.244 e. The molecule has 0 aliphatic carbocycles. The number of hydrogen-bond acceptors (Lipinski definition) is 4. The van der Waals surface area contributed by atoms with E-state index in [-0.39, 0.29) is 24.3 Å². The van der Waals surface area contributed by atoms with E-state index in [0.717, 1.165) is 0 Å². The second kappa shape index (κ2) is 9.38. The molecule has 2 N–H and O–H groups in total. The minimum atomic E-state index is -0.359. The van der Waals surface area contributed by atoms with E-state index in [1.165, 1.54) is 18.7 Å². The van der Waals surface area contributed by atoms with Crippen LogP contribution in [-0.4, -0.2) is 30.9 Å². The number of nitrogens with one attached hydrogen (secondary N) is 2. The van der Waals surface area contributed by atoms with Crippen LogP contribution in [0.1, 0.15) is 20.8 Å². The number of benzene rings is 2. The van der Waals surface area contributed by atoms with Gasteiger partial charge in [0.05, 0.1) is 12.3 Å². The van der Waals surface area contributed by atoms with Crippen molar-refractivity contribution >= 4 is 34.8 Å². The van der Waals surface area contributed by atoms with Crippen LogP contribution in [0.25, 0.3) is 0 Å². The van der Waals surface area contributed by atoms with Gasteiger partial charge in [0, 0.05) is 25.2 Å². The van der Waals surface area contributed by atoms with Crippen molar-refractivity contribution in [2.24, 2.45) is 0 Å². The highest BCUT2D eigenvalue weighted by Gasteiger charge is 2.17.